The van der Waals surface area contributed by atoms with Crippen molar-refractivity contribution in [3.63, 3.8) is 0 Å². The van der Waals surface area contributed by atoms with E-state index in [-0.39, 0.29) is 12.0 Å². The van der Waals surface area contributed by atoms with Crippen LogP contribution in [0.3, 0.4) is 0 Å². The normalized spacial score (nSPS) is 11.9. The molecule has 0 spiro atoms. The summed E-state index contributed by atoms with van der Waals surface area (Å²) in [7, 11) is 1.37. The zero-order valence-electron chi connectivity index (χ0n) is 8.57. The number of anilines is 1. The number of pyridine rings is 1. The maximum atomic E-state index is 11.1. The summed E-state index contributed by atoms with van der Waals surface area (Å²) in [6.07, 6.45) is 3.40. The summed E-state index contributed by atoms with van der Waals surface area (Å²) in [6.45, 7) is 3.70. The van der Waals surface area contributed by atoms with E-state index in [1.165, 1.54) is 7.11 Å². The smallest absolute Gasteiger partial charge is 0.327 e. The lowest BCUT2D eigenvalue weighted by atomic mass is 10.2. The predicted octanol–water partition coefficient (Wildman–Crippen LogP) is 1.36. The number of aromatic nitrogens is 1. The highest BCUT2D eigenvalue weighted by atomic mass is 16.5. The van der Waals surface area contributed by atoms with E-state index < -0.39 is 0 Å². The quantitative estimate of drug-likeness (QED) is 0.738. The zero-order chi connectivity index (χ0) is 10.6. The monoisotopic (exact) mass is 194 g/mol. The lowest BCUT2D eigenvalue weighted by Crippen LogP contribution is -2.27. The molecule has 0 aliphatic carbocycles. The van der Waals surface area contributed by atoms with Gasteiger partial charge in [-0.2, -0.15) is 0 Å². The van der Waals surface area contributed by atoms with Crippen molar-refractivity contribution in [2.24, 2.45) is 0 Å². The molecule has 1 unspecified atom stereocenters. The molecule has 76 valence electrons. The van der Waals surface area contributed by atoms with E-state index in [9.17, 15) is 4.79 Å². The third kappa shape index (κ3) is 2.45. The number of hydrogen-bond donors (Lipinski definition) is 1. The number of ether oxygens (including phenoxy) is 1. The fourth-order valence-electron chi connectivity index (χ4n) is 1.08. The van der Waals surface area contributed by atoms with Gasteiger partial charge in [-0.1, -0.05) is 0 Å². The second-order valence-corrected chi connectivity index (χ2v) is 3.08. The largest absolute Gasteiger partial charge is 0.467 e. The highest BCUT2D eigenvalue weighted by Gasteiger charge is 2.12. The highest BCUT2D eigenvalue weighted by Crippen LogP contribution is 2.12. The van der Waals surface area contributed by atoms with Crippen LogP contribution in [0.5, 0.6) is 0 Å². The van der Waals surface area contributed by atoms with Gasteiger partial charge >= 0.3 is 5.97 Å². The van der Waals surface area contributed by atoms with Gasteiger partial charge in [-0.15, -0.1) is 0 Å². The van der Waals surface area contributed by atoms with E-state index in [0.717, 1.165) is 11.3 Å². The van der Waals surface area contributed by atoms with Crippen LogP contribution >= 0.6 is 0 Å². The van der Waals surface area contributed by atoms with Gasteiger partial charge in [0, 0.05) is 6.20 Å². The molecular weight excluding hydrogens is 180 g/mol. The van der Waals surface area contributed by atoms with Gasteiger partial charge in [-0.05, 0) is 25.5 Å². The Kier molecular flexibility index (Phi) is 3.45. The van der Waals surface area contributed by atoms with Gasteiger partial charge < -0.3 is 10.1 Å². The Morgan fingerprint density at radius 3 is 2.93 bits per heavy atom. The van der Waals surface area contributed by atoms with Gasteiger partial charge in [0.2, 0.25) is 0 Å². The summed E-state index contributed by atoms with van der Waals surface area (Å²) in [5.41, 5.74) is 1.90. The molecule has 4 heteroatoms. The van der Waals surface area contributed by atoms with E-state index in [1.807, 2.05) is 13.0 Å². The number of esters is 1. The molecule has 1 aromatic rings. The SMILES string of the molecule is COC(=O)C(C)Nc1cnccc1C. The number of methoxy groups -OCH3 is 1. The minimum atomic E-state index is -0.358. The number of carbonyl (C=O) groups is 1. The average Bonchev–Trinajstić information content (AvgIpc) is 2.20. The first-order chi connectivity index (χ1) is 6.65. The lowest BCUT2D eigenvalue weighted by Gasteiger charge is -2.13. The zero-order valence-corrected chi connectivity index (χ0v) is 8.57. The molecule has 0 saturated carbocycles. The molecule has 14 heavy (non-hydrogen) atoms. The van der Waals surface area contributed by atoms with Gasteiger partial charge in [-0.3, -0.25) is 4.98 Å². The van der Waals surface area contributed by atoms with Crippen molar-refractivity contribution in [3.8, 4) is 0 Å². The van der Waals surface area contributed by atoms with E-state index in [2.05, 4.69) is 15.0 Å². The summed E-state index contributed by atoms with van der Waals surface area (Å²) in [5, 5.41) is 3.02. The Morgan fingerprint density at radius 2 is 2.36 bits per heavy atom. The average molecular weight is 194 g/mol. The van der Waals surface area contributed by atoms with Crippen LogP contribution in [0.4, 0.5) is 5.69 Å². The Hall–Kier alpha value is -1.58. The first-order valence-electron chi connectivity index (χ1n) is 4.40. The molecule has 0 bridgehead atoms. The number of hydrogen-bond acceptors (Lipinski definition) is 4. The summed E-state index contributed by atoms with van der Waals surface area (Å²) >= 11 is 0. The van der Waals surface area contributed by atoms with Crippen molar-refractivity contribution in [2.75, 3.05) is 12.4 Å². The van der Waals surface area contributed by atoms with E-state index in [4.69, 9.17) is 0 Å². The standard InChI is InChI=1S/C10H14N2O2/c1-7-4-5-11-6-9(7)12-8(2)10(13)14-3/h4-6,8,12H,1-3H3. The molecule has 0 aliphatic heterocycles. The highest BCUT2D eigenvalue weighted by molar-refractivity contribution is 5.78. The maximum absolute atomic E-state index is 11.1. The summed E-state index contributed by atoms with van der Waals surface area (Å²) in [5.74, 6) is -0.284. The first kappa shape index (κ1) is 10.5. The molecule has 1 aromatic heterocycles. The molecule has 0 saturated heterocycles. The van der Waals surface area contributed by atoms with E-state index in [1.54, 1.807) is 19.3 Å². The topological polar surface area (TPSA) is 51.2 Å². The minimum Gasteiger partial charge on any atom is -0.467 e. The van der Waals surface area contributed by atoms with Crippen LogP contribution in [0.25, 0.3) is 0 Å². The third-order valence-electron chi connectivity index (χ3n) is 1.97. The molecule has 1 atom stereocenters. The second-order valence-electron chi connectivity index (χ2n) is 3.08. The van der Waals surface area contributed by atoms with E-state index in [0.29, 0.717) is 0 Å². The van der Waals surface area contributed by atoms with Gasteiger partial charge in [-0.25, -0.2) is 4.79 Å². The fourth-order valence-corrected chi connectivity index (χ4v) is 1.08. The molecule has 4 nitrogen and oxygen atoms in total. The molecular formula is C10H14N2O2. The van der Waals surface area contributed by atoms with E-state index >= 15 is 0 Å². The molecule has 0 radical (unpaired) electrons. The Labute approximate surface area is 83.3 Å². The number of nitrogens with one attached hydrogen (secondary N) is 1. The van der Waals surface area contributed by atoms with Crippen LogP contribution in [0.2, 0.25) is 0 Å². The Bertz CT molecular complexity index is 326. The molecule has 0 aromatic carbocycles. The van der Waals surface area contributed by atoms with Crippen LogP contribution in [0, 0.1) is 6.92 Å². The van der Waals surface area contributed by atoms with Crippen molar-refractivity contribution < 1.29 is 9.53 Å². The van der Waals surface area contributed by atoms with Crippen LogP contribution in [-0.4, -0.2) is 24.1 Å². The minimum absolute atomic E-state index is 0.284. The van der Waals surface area contributed by atoms with Crippen molar-refractivity contribution in [1.82, 2.24) is 4.98 Å². The Balaban J connectivity index is 2.69. The molecule has 0 fully saturated rings. The number of aryl methyl sites for hydroxylation is 1. The molecule has 0 aliphatic rings. The number of nitrogens with zero attached hydrogens (tertiary/aromatic N) is 1. The third-order valence-corrected chi connectivity index (χ3v) is 1.97. The van der Waals surface area contributed by atoms with Crippen molar-refractivity contribution in [1.29, 1.82) is 0 Å². The Morgan fingerprint density at radius 1 is 1.64 bits per heavy atom. The molecule has 1 heterocycles. The summed E-state index contributed by atoms with van der Waals surface area (Å²) in [6, 6.07) is 1.52. The predicted molar refractivity (Wildman–Crippen MR) is 54.1 cm³/mol. The molecule has 0 amide bonds. The second kappa shape index (κ2) is 4.60. The van der Waals surface area contributed by atoms with Gasteiger partial charge in [0.05, 0.1) is 19.0 Å². The van der Waals surface area contributed by atoms with Crippen molar-refractivity contribution in [2.45, 2.75) is 19.9 Å². The van der Waals surface area contributed by atoms with Crippen molar-refractivity contribution >= 4 is 11.7 Å². The summed E-state index contributed by atoms with van der Waals surface area (Å²) in [4.78, 5) is 15.1. The van der Waals surface area contributed by atoms with Crippen LogP contribution in [0.15, 0.2) is 18.5 Å². The fraction of sp³-hybridized carbons (Fsp3) is 0.400. The van der Waals surface area contributed by atoms with Crippen LogP contribution in [0.1, 0.15) is 12.5 Å². The first-order valence-corrected chi connectivity index (χ1v) is 4.40. The van der Waals surface area contributed by atoms with Gasteiger partial charge in [0.1, 0.15) is 6.04 Å². The molecule has 1 rings (SSSR count). The maximum Gasteiger partial charge on any atom is 0.327 e. The lowest BCUT2D eigenvalue weighted by molar-refractivity contribution is -0.141. The van der Waals surface area contributed by atoms with Gasteiger partial charge in [0.15, 0.2) is 0 Å². The van der Waals surface area contributed by atoms with Crippen molar-refractivity contribution in [3.05, 3.63) is 24.0 Å². The number of rotatable bonds is 3. The van der Waals surface area contributed by atoms with Crippen LogP contribution in [-0.2, 0) is 9.53 Å². The van der Waals surface area contributed by atoms with Gasteiger partial charge in [0.25, 0.3) is 0 Å². The molecule has 1 N–H and O–H groups in total. The number of carbonyl (C=O) groups excluding carboxylic acids is 1. The van der Waals surface area contributed by atoms with Crippen LogP contribution < -0.4 is 5.32 Å². The summed E-state index contributed by atoms with van der Waals surface area (Å²) < 4.78 is 4.60.